The lowest BCUT2D eigenvalue weighted by molar-refractivity contribution is -0.384. The molecule has 1 aromatic carbocycles. The van der Waals surface area contributed by atoms with Crippen molar-refractivity contribution >= 4 is 23.1 Å². The third-order valence-electron chi connectivity index (χ3n) is 2.86. The van der Waals surface area contributed by atoms with Crippen LogP contribution in [0.1, 0.15) is 0 Å². The van der Waals surface area contributed by atoms with Crippen molar-refractivity contribution in [2.75, 3.05) is 43.6 Å². The first kappa shape index (κ1) is 14.1. The molecule has 0 radical (unpaired) electrons. The quantitative estimate of drug-likeness (QED) is 0.502. The standard InChI is InChI=1S/C12H16N2O4S/c15-5-8-19-10-1-2-11(14(16)17)12(9-10)13-3-6-18-7-4-13/h1-2,9,15H,3-8H2. The van der Waals surface area contributed by atoms with Gasteiger partial charge in [-0.2, -0.15) is 0 Å². The lowest BCUT2D eigenvalue weighted by Gasteiger charge is -2.28. The monoisotopic (exact) mass is 284 g/mol. The van der Waals surface area contributed by atoms with E-state index in [2.05, 4.69) is 0 Å². The van der Waals surface area contributed by atoms with Gasteiger partial charge < -0.3 is 14.7 Å². The molecule has 0 aromatic heterocycles. The summed E-state index contributed by atoms with van der Waals surface area (Å²) in [6.45, 7) is 2.59. The first-order valence-electron chi connectivity index (χ1n) is 6.07. The first-order valence-corrected chi connectivity index (χ1v) is 7.05. The largest absolute Gasteiger partial charge is 0.396 e. The average molecular weight is 284 g/mol. The molecule has 1 heterocycles. The topological polar surface area (TPSA) is 75.8 Å². The Kier molecular flexibility index (Phi) is 5.00. The maximum atomic E-state index is 11.1. The second-order valence-electron chi connectivity index (χ2n) is 4.08. The Bertz CT molecular complexity index is 449. The minimum atomic E-state index is -0.356. The van der Waals surface area contributed by atoms with E-state index in [1.54, 1.807) is 6.07 Å². The molecule has 1 aliphatic heterocycles. The molecule has 1 aliphatic rings. The van der Waals surface area contributed by atoms with E-state index in [1.165, 1.54) is 17.8 Å². The van der Waals surface area contributed by atoms with Gasteiger partial charge in [0.2, 0.25) is 0 Å². The van der Waals surface area contributed by atoms with E-state index in [-0.39, 0.29) is 17.2 Å². The van der Waals surface area contributed by atoms with Crippen LogP contribution in [-0.4, -0.2) is 48.7 Å². The van der Waals surface area contributed by atoms with Crippen LogP contribution in [0.25, 0.3) is 0 Å². The molecule has 0 atom stereocenters. The average Bonchev–Trinajstić information content (AvgIpc) is 2.45. The number of benzene rings is 1. The minimum Gasteiger partial charge on any atom is -0.396 e. The Morgan fingerprint density at radius 1 is 1.42 bits per heavy atom. The smallest absolute Gasteiger partial charge is 0.292 e. The van der Waals surface area contributed by atoms with E-state index < -0.39 is 0 Å². The van der Waals surface area contributed by atoms with Gasteiger partial charge in [0.05, 0.1) is 24.7 Å². The van der Waals surface area contributed by atoms with Crippen molar-refractivity contribution in [2.24, 2.45) is 0 Å². The van der Waals surface area contributed by atoms with E-state index in [9.17, 15) is 10.1 Å². The number of aliphatic hydroxyl groups is 1. The summed E-state index contributed by atoms with van der Waals surface area (Å²) in [5, 5.41) is 19.9. The van der Waals surface area contributed by atoms with Gasteiger partial charge >= 0.3 is 0 Å². The fraction of sp³-hybridized carbons (Fsp3) is 0.500. The number of nitro groups is 1. The number of aliphatic hydroxyl groups excluding tert-OH is 1. The maximum Gasteiger partial charge on any atom is 0.292 e. The molecular formula is C12H16N2O4S. The number of nitro benzene ring substituents is 1. The molecule has 1 saturated heterocycles. The minimum absolute atomic E-state index is 0.0918. The van der Waals surface area contributed by atoms with Crippen molar-refractivity contribution in [2.45, 2.75) is 4.90 Å². The summed E-state index contributed by atoms with van der Waals surface area (Å²) in [5.74, 6) is 0.584. The van der Waals surface area contributed by atoms with Crippen LogP contribution in [0, 0.1) is 10.1 Å². The molecule has 0 unspecified atom stereocenters. The summed E-state index contributed by atoms with van der Waals surface area (Å²) in [5.41, 5.74) is 0.756. The number of thioether (sulfide) groups is 1. The predicted octanol–water partition coefficient (Wildman–Crippen LogP) is 1.52. The van der Waals surface area contributed by atoms with Crippen LogP contribution in [0.15, 0.2) is 23.1 Å². The van der Waals surface area contributed by atoms with Crippen LogP contribution in [0.4, 0.5) is 11.4 Å². The van der Waals surface area contributed by atoms with E-state index in [1.807, 2.05) is 11.0 Å². The summed E-state index contributed by atoms with van der Waals surface area (Å²) in [4.78, 5) is 13.6. The van der Waals surface area contributed by atoms with Crippen LogP contribution in [0.5, 0.6) is 0 Å². The van der Waals surface area contributed by atoms with Gasteiger partial charge in [0, 0.05) is 29.8 Å². The Morgan fingerprint density at radius 2 is 2.16 bits per heavy atom. The zero-order valence-corrected chi connectivity index (χ0v) is 11.3. The molecule has 2 rings (SSSR count). The van der Waals surface area contributed by atoms with E-state index in [0.717, 1.165) is 4.90 Å². The van der Waals surface area contributed by atoms with Crippen LogP contribution < -0.4 is 4.90 Å². The molecule has 0 saturated carbocycles. The summed E-state index contributed by atoms with van der Waals surface area (Å²) in [6.07, 6.45) is 0. The van der Waals surface area contributed by atoms with E-state index in [4.69, 9.17) is 9.84 Å². The highest BCUT2D eigenvalue weighted by atomic mass is 32.2. The molecule has 1 aromatic rings. The van der Waals surface area contributed by atoms with E-state index in [0.29, 0.717) is 37.7 Å². The molecule has 1 N–H and O–H groups in total. The molecular weight excluding hydrogens is 268 g/mol. The fourth-order valence-corrected chi connectivity index (χ4v) is 2.65. The second kappa shape index (κ2) is 6.74. The number of rotatable bonds is 5. The van der Waals surface area contributed by atoms with Crippen molar-refractivity contribution in [1.82, 2.24) is 0 Å². The predicted molar refractivity (Wildman–Crippen MR) is 73.9 cm³/mol. The Balaban J connectivity index is 2.27. The van der Waals surface area contributed by atoms with Crippen LogP contribution >= 0.6 is 11.8 Å². The van der Waals surface area contributed by atoms with Crippen molar-refractivity contribution in [3.8, 4) is 0 Å². The van der Waals surface area contributed by atoms with Gasteiger partial charge in [0.25, 0.3) is 5.69 Å². The lowest BCUT2D eigenvalue weighted by Crippen LogP contribution is -2.36. The molecule has 19 heavy (non-hydrogen) atoms. The number of morpholine rings is 1. The maximum absolute atomic E-state index is 11.1. The van der Waals surface area contributed by atoms with Gasteiger partial charge in [0.1, 0.15) is 5.69 Å². The molecule has 6 nitrogen and oxygen atoms in total. The van der Waals surface area contributed by atoms with Gasteiger partial charge in [-0.05, 0) is 12.1 Å². The van der Waals surface area contributed by atoms with Crippen LogP contribution in [0.3, 0.4) is 0 Å². The van der Waals surface area contributed by atoms with Gasteiger partial charge in [-0.1, -0.05) is 0 Å². The highest BCUT2D eigenvalue weighted by Crippen LogP contribution is 2.33. The number of ether oxygens (including phenoxy) is 1. The number of nitrogens with zero attached hydrogens (tertiary/aromatic N) is 2. The molecule has 0 aliphatic carbocycles. The van der Waals surface area contributed by atoms with Crippen LogP contribution in [0.2, 0.25) is 0 Å². The fourth-order valence-electron chi connectivity index (χ4n) is 1.97. The zero-order chi connectivity index (χ0) is 13.7. The SMILES string of the molecule is O=[N+]([O-])c1ccc(SCCO)cc1N1CCOCC1. The summed E-state index contributed by atoms with van der Waals surface area (Å²) < 4.78 is 5.27. The van der Waals surface area contributed by atoms with E-state index >= 15 is 0 Å². The Hall–Kier alpha value is -1.31. The summed E-state index contributed by atoms with van der Waals surface area (Å²) in [6, 6.07) is 5.08. The molecule has 0 spiro atoms. The summed E-state index contributed by atoms with van der Waals surface area (Å²) in [7, 11) is 0. The van der Waals surface area contributed by atoms with Crippen LogP contribution in [-0.2, 0) is 4.74 Å². The molecule has 0 amide bonds. The molecule has 7 heteroatoms. The van der Waals surface area contributed by atoms with Crippen molar-refractivity contribution in [3.63, 3.8) is 0 Å². The van der Waals surface area contributed by atoms with Crippen molar-refractivity contribution < 1.29 is 14.8 Å². The lowest BCUT2D eigenvalue weighted by atomic mass is 10.2. The third kappa shape index (κ3) is 3.59. The zero-order valence-electron chi connectivity index (χ0n) is 10.4. The number of hydrogen-bond acceptors (Lipinski definition) is 6. The third-order valence-corrected chi connectivity index (χ3v) is 3.83. The van der Waals surface area contributed by atoms with Gasteiger partial charge in [0.15, 0.2) is 0 Å². The highest BCUT2D eigenvalue weighted by Gasteiger charge is 2.21. The molecule has 104 valence electrons. The second-order valence-corrected chi connectivity index (χ2v) is 5.25. The van der Waals surface area contributed by atoms with Crippen molar-refractivity contribution in [1.29, 1.82) is 0 Å². The van der Waals surface area contributed by atoms with Gasteiger partial charge in [-0.25, -0.2) is 0 Å². The van der Waals surface area contributed by atoms with Gasteiger partial charge in [-0.3, -0.25) is 10.1 Å². The highest BCUT2D eigenvalue weighted by molar-refractivity contribution is 7.99. The van der Waals surface area contributed by atoms with Crippen molar-refractivity contribution in [3.05, 3.63) is 28.3 Å². The molecule has 0 bridgehead atoms. The summed E-state index contributed by atoms with van der Waals surface area (Å²) >= 11 is 1.49. The van der Waals surface area contributed by atoms with Gasteiger partial charge in [-0.15, -0.1) is 11.8 Å². The normalized spacial score (nSPS) is 15.5. The Morgan fingerprint density at radius 3 is 2.79 bits per heavy atom. The molecule has 1 fully saturated rings. The Labute approximate surface area is 115 Å². The number of hydrogen-bond donors (Lipinski definition) is 1. The first-order chi connectivity index (χ1) is 9.22. The number of anilines is 1.